The second-order valence-electron chi connectivity index (χ2n) is 12.6. The molecule has 10 heteroatoms. The van der Waals surface area contributed by atoms with Crippen molar-refractivity contribution in [2.75, 3.05) is 19.6 Å². The molecule has 244 valence electrons. The molecule has 1 aliphatic rings. The average molecular weight is 641 g/mol. The van der Waals surface area contributed by atoms with E-state index in [9.17, 15) is 18.4 Å². The van der Waals surface area contributed by atoms with Gasteiger partial charge in [-0.1, -0.05) is 27.7 Å². The number of carbonyl (C=O) groups is 2. The predicted octanol–water partition coefficient (Wildman–Crippen LogP) is 6.56. The largest absolute Gasteiger partial charge is 0.456 e. The smallest absolute Gasteiger partial charge is 0.338 e. The van der Waals surface area contributed by atoms with Crippen LogP contribution in [0.1, 0.15) is 95.1 Å². The van der Waals surface area contributed by atoms with Crippen LogP contribution in [0.2, 0.25) is 0 Å². The summed E-state index contributed by atoms with van der Waals surface area (Å²) in [6, 6.07) is 7.57. The molecule has 3 N–H and O–H groups in total. The number of nitrogens with zero attached hydrogens (tertiary/aromatic N) is 2. The second-order valence-corrected chi connectivity index (χ2v) is 13.8. The van der Waals surface area contributed by atoms with Gasteiger partial charge in [-0.2, -0.15) is 0 Å². The molecule has 1 aromatic heterocycles. The number of hydrogen-bond donors (Lipinski definition) is 2. The van der Waals surface area contributed by atoms with E-state index in [2.05, 4.69) is 24.1 Å². The van der Waals surface area contributed by atoms with E-state index in [1.807, 2.05) is 27.0 Å². The highest BCUT2D eigenvalue weighted by Gasteiger charge is 2.46. The second kappa shape index (κ2) is 15.4. The molecule has 0 bridgehead atoms. The quantitative estimate of drug-likeness (QED) is 0.172. The Morgan fingerprint density at radius 3 is 2.27 bits per heavy atom. The van der Waals surface area contributed by atoms with Crippen LogP contribution in [0.5, 0.6) is 0 Å². The number of benzene rings is 2. The SMILES string of the molecule is CCCN(CCC)C(=O)c1cc(C)cc(C(=O)OC(CNC2(c3cnc(CC(C)C)s3)CC2)C(N)Cc2cc(F)cc(F)c2)c1. The number of nitrogens with one attached hydrogen (secondary N) is 1. The minimum atomic E-state index is -0.819. The van der Waals surface area contributed by atoms with Crippen molar-refractivity contribution in [3.05, 3.63) is 86.4 Å². The standard InChI is InChI=1S/C35H46F2N4O3S/c1-6-10-41(11-7-2)33(42)25-13-23(5)14-26(18-25)34(43)44-30(29(38)17-24-15-27(36)19-28(37)16-24)20-40-35(8-9-35)31-21-39-32(45-31)12-22(3)4/h13-16,18-19,21-22,29-30,40H,6-12,17,20,38H2,1-5H3. The molecule has 0 saturated heterocycles. The Balaban J connectivity index is 1.55. The van der Waals surface area contributed by atoms with Crippen molar-refractivity contribution in [3.63, 3.8) is 0 Å². The molecular formula is C35H46F2N4O3S. The monoisotopic (exact) mass is 640 g/mol. The highest BCUT2D eigenvalue weighted by Crippen LogP contribution is 2.47. The molecule has 4 rings (SSSR count). The van der Waals surface area contributed by atoms with E-state index >= 15 is 0 Å². The topological polar surface area (TPSA) is 97.5 Å². The van der Waals surface area contributed by atoms with Crippen LogP contribution in [-0.4, -0.2) is 53.5 Å². The zero-order valence-electron chi connectivity index (χ0n) is 27.0. The van der Waals surface area contributed by atoms with E-state index in [1.165, 1.54) is 12.1 Å². The molecule has 0 aliphatic heterocycles. The van der Waals surface area contributed by atoms with Crippen molar-refractivity contribution in [3.8, 4) is 0 Å². The number of nitrogens with two attached hydrogens (primary N) is 1. The van der Waals surface area contributed by atoms with Gasteiger partial charge in [0.2, 0.25) is 0 Å². The van der Waals surface area contributed by atoms with Gasteiger partial charge in [-0.25, -0.2) is 18.6 Å². The Morgan fingerprint density at radius 1 is 1.02 bits per heavy atom. The van der Waals surface area contributed by atoms with E-state index < -0.39 is 29.7 Å². The molecule has 0 radical (unpaired) electrons. The van der Waals surface area contributed by atoms with Gasteiger partial charge in [0.1, 0.15) is 17.7 Å². The van der Waals surface area contributed by atoms with Gasteiger partial charge < -0.3 is 20.7 Å². The maximum atomic E-state index is 14.0. The Morgan fingerprint density at radius 2 is 1.67 bits per heavy atom. The van der Waals surface area contributed by atoms with Crippen molar-refractivity contribution in [1.82, 2.24) is 15.2 Å². The third-order valence-corrected chi connectivity index (χ3v) is 9.19. The van der Waals surface area contributed by atoms with Crippen LogP contribution < -0.4 is 11.1 Å². The van der Waals surface area contributed by atoms with Crippen molar-refractivity contribution >= 4 is 23.2 Å². The highest BCUT2D eigenvalue weighted by atomic mass is 32.1. The number of aromatic nitrogens is 1. The lowest BCUT2D eigenvalue weighted by atomic mass is 10.0. The van der Waals surface area contributed by atoms with Gasteiger partial charge in [0.15, 0.2) is 0 Å². The number of amides is 1. The van der Waals surface area contributed by atoms with E-state index in [1.54, 1.807) is 34.4 Å². The average Bonchev–Trinajstić information content (AvgIpc) is 3.62. The van der Waals surface area contributed by atoms with Crippen molar-refractivity contribution in [2.45, 2.75) is 90.8 Å². The van der Waals surface area contributed by atoms with Crippen molar-refractivity contribution in [1.29, 1.82) is 0 Å². The fraction of sp³-hybridized carbons (Fsp3) is 0.514. The predicted molar refractivity (Wildman–Crippen MR) is 174 cm³/mol. The first-order valence-electron chi connectivity index (χ1n) is 16.0. The lowest BCUT2D eigenvalue weighted by Crippen LogP contribution is -2.48. The molecule has 3 aromatic rings. The summed E-state index contributed by atoms with van der Waals surface area (Å²) in [5.41, 5.74) is 8.15. The number of esters is 1. The summed E-state index contributed by atoms with van der Waals surface area (Å²) < 4.78 is 34.0. The first-order valence-corrected chi connectivity index (χ1v) is 16.8. The van der Waals surface area contributed by atoms with Crippen LogP contribution in [0.3, 0.4) is 0 Å². The molecule has 1 aliphatic carbocycles. The van der Waals surface area contributed by atoms with Crippen LogP contribution in [0.25, 0.3) is 0 Å². The molecular weight excluding hydrogens is 594 g/mol. The lowest BCUT2D eigenvalue weighted by Gasteiger charge is -2.27. The maximum absolute atomic E-state index is 14.0. The van der Waals surface area contributed by atoms with Gasteiger partial charge in [0.25, 0.3) is 5.91 Å². The fourth-order valence-electron chi connectivity index (χ4n) is 5.59. The third-order valence-electron chi connectivity index (χ3n) is 7.96. The van der Waals surface area contributed by atoms with E-state index in [-0.39, 0.29) is 30.0 Å². The van der Waals surface area contributed by atoms with Crippen molar-refractivity contribution in [2.24, 2.45) is 11.7 Å². The minimum absolute atomic E-state index is 0.0982. The van der Waals surface area contributed by atoms with Crippen LogP contribution in [0.15, 0.2) is 42.6 Å². The van der Waals surface area contributed by atoms with Gasteiger partial charge in [-0.3, -0.25) is 4.79 Å². The molecule has 2 atom stereocenters. The molecule has 2 aromatic carbocycles. The van der Waals surface area contributed by atoms with E-state index in [0.29, 0.717) is 30.1 Å². The van der Waals surface area contributed by atoms with Gasteiger partial charge in [-0.15, -0.1) is 11.3 Å². The molecule has 7 nitrogen and oxygen atoms in total. The Labute approximate surface area is 269 Å². The van der Waals surface area contributed by atoms with Crippen LogP contribution in [0, 0.1) is 24.5 Å². The molecule has 1 amide bonds. The minimum Gasteiger partial charge on any atom is -0.456 e. The zero-order valence-corrected chi connectivity index (χ0v) is 27.8. The summed E-state index contributed by atoms with van der Waals surface area (Å²) in [5.74, 6) is -1.63. The molecule has 45 heavy (non-hydrogen) atoms. The fourth-order valence-corrected chi connectivity index (χ4v) is 6.94. The van der Waals surface area contributed by atoms with Crippen LogP contribution >= 0.6 is 11.3 Å². The Hall–Kier alpha value is -3.21. The van der Waals surface area contributed by atoms with Gasteiger partial charge in [0.05, 0.1) is 16.1 Å². The number of rotatable bonds is 16. The third kappa shape index (κ3) is 9.40. The highest BCUT2D eigenvalue weighted by molar-refractivity contribution is 7.11. The Kier molecular flexibility index (Phi) is 11.8. The number of ether oxygens (including phenoxy) is 1. The zero-order chi connectivity index (χ0) is 32.7. The summed E-state index contributed by atoms with van der Waals surface area (Å²) in [5, 5.41) is 4.67. The summed E-state index contributed by atoms with van der Waals surface area (Å²) in [6.07, 6.45) is 5.60. The number of thiazole rings is 1. The normalized spacial score (nSPS) is 15.1. The summed E-state index contributed by atoms with van der Waals surface area (Å²) in [6.45, 7) is 11.7. The number of hydrogen-bond acceptors (Lipinski definition) is 7. The van der Waals surface area contributed by atoms with Gasteiger partial charge in [0, 0.05) is 54.8 Å². The van der Waals surface area contributed by atoms with Gasteiger partial charge in [-0.05, 0) is 86.4 Å². The van der Waals surface area contributed by atoms with Crippen LogP contribution in [0.4, 0.5) is 8.78 Å². The first kappa shape index (κ1) is 34.7. The van der Waals surface area contributed by atoms with E-state index in [4.69, 9.17) is 10.5 Å². The summed E-state index contributed by atoms with van der Waals surface area (Å²) >= 11 is 1.69. The van der Waals surface area contributed by atoms with Crippen LogP contribution in [-0.2, 0) is 23.1 Å². The molecule has 1 saturated carbocycles. The lowest BCUT2D eigenvalue weighted by molar-refractivity contribution is 0.0229. The molecule has 1 fully saturated rings. The number of aryl methyl sites for hydroxylation is 1. The first-order chi connectivity index (χ1) is 21.4. The Bertz CT molecular complexity index is 1450. The van der Waals surface area contributed by atoms with E-state index in [0.717, 1.165) is 53.6 Å². The molecule has 2 unspecified atom stereocenters. The van der Waals surface area contributed by atoms with Gasteiger partial charge >= 0.3 is 5.97 Å². The summed E-state index contributed by atoms with van der Waals surface area (Å²) in [7, 11) is 0. The summed E-state index contributed by atoms with van der Waals surface area (Å²) in [4.78, 5) is 34.5. The number of carbonyl (C=O) groups excluding carboxylic acids is 2. The molecule has 0 spiro atoms. The number of halogens is 2. The molecule has 1 heterocycles. The van der Waals surface area contributed by atoms with Crippen molar-refractivity contribution < 1.29 is 23.1 Å². The maximum Gasteiger partial charge on any atom is 0.338 e.